The number of hydrogen-bond donors (Lipinski definition) is 1. The van der Waals surface area contributed by atoms with Crippen LogP contribution in [0.5, 0.6) is 0 Å². The summed E-state index contributed by atoms with van der Waals surface area (Å²) < 4.78 is 6.44. The molecule has 0 saturated carbocycles. The maximum Gasteiger partial charge on any atom is 0.419 e. The molecule has 0 saturated heterocycles. The second-order valence-corrected chi connectivity index (χ2v) is 3.04. The van der Waals surface area contributed by atoms with Crippen molar-refractivity contribution in [1.82, 2.24) is 4.57 Å². The van der Waals surface area contributed by atoms with E-state index in [2.05, 4.69) is 4.84 Å². The van der Waals surface area contributed by atoms with Gasteiger partial charge in [0.2, 0.25) is 0 Å². The van der Waals surface area contributed by atoms with Crippen molar-refractivity contribution < 1.29 is 9.25 Å². The van der Waals surface area contributed by atoms with Gasteiger partial charge in [-0.05, 0) is 17.7 Å². The Kier molecular flexibility index (Phi) is 2.11. The first-order valence-corrected chi connectivity index (χ1v) is 4.12. The number of fused-ring (bicyclic) bond motifs is 1. The molecule has 0 fully saturated rings. The van der Waals surface area contributed by atoms with Crippen LogP contribution in [0, 0.1) is 0 Å². The van der Waals surface area contributed by atoms with E-state index in [0.29, 0.717) is 12.2 Å². The van der Waals surface area contributed by atoms with E-state index in [0.717, 1.165) is 11.1 Å². The van der Waals surface area contributed by atoms with Gasteiger partial charge in [-0.2, -0.15) is 0 Å². The van der Waals surface area contributed by atoms with E-state index < -0.39 is 0 Å². The number of aromatic nitrogens is 1. The van der Waals surface area contributed by atoms with E-state index in [1.165, 1.54) is 4.57 Å². The zero-order valence-corrected chi connectivity index (χ0v) is 7.69. The standard InChI is InChI=1S/C9H10N2O3/c1-11-7-3-2-6(5-13-10)4-8(7)14-9(11)12/h2-4H,5,10H2,1H3. The maximum absolute atomic E-state index is 11.1. The second-order valence-electron chi connectivity index (χ2n) is 3.04. The molecule has 0 bridgehead atoms. The van der Waals surface area contributed by atoms with Crippen molar-refractivity contribution in [2.75, 3.05) is 0 Å². The Labute approximate surface area is 79.6 Å². The van der Waals surface area contributed by atoms with E-state index in [9.17, 15) is 4.79 Å². The third-order valence-corrected chi connectivity index (χ3v) is 2.11. The predicted octanol–water partition coefficient (Wildman–Crippen LogP) is 0.522. The van der Waals surface area contributed by atoms with E-state index in [1.807, 2.05) is 6.07 Å². The molecule has 0 radical (unpaired) electrons. The number of rotatable bonds is 2. The highest BCUT2D eigenvalue weighted by Gasteiger charge is 2.05. The smallest absolute Gasteiger partial charge is 0.408 e. The van der Waals surface area contributed by atoms with Gasteiger partial charge in [-0.1, -0.05) is 6.07 Å². The molecular formula is C9H10N2O3. The molecule has 74 valence electrons. The van der Waals surface area contributed by atoms with Gasteiger partial charge in [0.15, 0.2) is 5.58 Å². The van der Waals surface area contributed by atoms with Crippen molar-refractivity contribution in [3.63, 3.8) is 0 Å². The first-order chi connectivity index (χ1) is 6.72. The Balaban J connectivity index is 2.61. The maximum atomic E-state index is 11.1. The SMILES string of the molecule is Cn1c(=O)oc2cc(CON)ccc21. The number of hydrogen-bond acceptors (Lipinski definition) is 4. The van der Waals surface area contributed by atoms with Crippen LogP contribution in [-0.2, 0) is 18.5 Å². The van der Waals surface area contributed by atoms with Crippen LogP contribution < -0.4 is 11.7 Å². The summed E-state index contributed by atoms with van der Waals surface area (Å²) in [5.41, 5.74) is 2.18. The van der Waals surface area contributed by atoms with Crippen LogP contribution in [0.3, 0.4) is 0 Å². The summed E-state index contributed by atoms with van der Waals surface area (Å²) in [5.74, 6) is 4.57. The Morgan fingerprint density at radius 3 is 3.07 bits per heavy atom. The highest BCUT2D eigenvalue weighted by Crippen LogP contribution is 2.14. The first kappa shape index (κ1) is 8.98. The quantitative estimate of drug-likeness (QED) is 0.707. The highest BCUT2D eigenvalue weighted by molar-refractivity contribution is 5.73. The molecule has 0 spiro atoms. The van der Waals surface area contributed by atoms with Crippen LogP contribution in [0.1, 0.15) is 5.56 Å². The van der Waals surface area contributed by atoms with Gasteiger partial charge in [0.25, 0.3) is 0 Å². The molecular weight excluding hydrogens is 184 g/mol. The van der Waals surface area contributed by atoms with Crippen molar-refractivity contribution in [2.45, 2.75) is 6.61 Å². The zero-order chi connectivity index (χ0) is 10.1. The Morgan fingerprint density at radius 2 is 2.36 bits per heavy atom. The van der Waals surface area contributed by atoms with Crippen LogP contribution in [0.15, 0.2) is 27.4 Å². The van der Waals surface area contributed by atoms with Gasteiger partial charge in [-0.25, -0.2) is 10.7 Å². The van der Waals surface area contributed by atoms with Crippen molar-refractivity contribution >= 4 is 11.1 Å². The van der Waals surface area contributed by atoms with E-state index in [4.69, 9.17) is 10.3 Å². The lowest BCUT2D eigenvalue weighted by Crippen LogP contribution is -2.08. The minimum Gasteiger partial charge on any atom is -0.408 e. The van der Waals surface area contributed by atoms with Crippen LogP contribution in [-0.4, -0.2) is 4.57 Å². The summed E-state index contributed by atoms with van der Waals surface area (Å²) >= 11 is 0. The second kappa shape index (κ2) is 3.28. The summed E-state index contributed by atoms with van der Waals surface area (Å²) in [6, 6.07) is 5.38. The topological polar surface area (TPSA) is 70.4 Å². The lowest BCUT2D eigenvalue weighted by atomic mass is 10.2. The fourth-order valence-electron chi connectivity index (χ4n) is 1.36. The molecule has 1 aromatic carbocycles. The first-order valence-electron chi connectivity index (χ1n) is 4.12. The monoisotopic (exact) mass is 194 g/mol. The third kappa shape index (κ3) is 1.32. The molecule has 0 amide bonds. The number of nitrogens with zero attached hydrogens (tertiary/aromatic N) is 1. The Bertz CT molecular complexity index is 512. The van der Waals surface area contributed by atoms with Crippen LogP contribution in [0.2, 0.25) is 0 Å². The Hall–Kier alpha value is -1.59. The largest absolute Gasteiger partial charge is 0.419 e. The lowest BCUT2D eigenvalue weighted by molar-refractivity contribution is 0.124. The fraction of sp³-hybridized carbons (Fsp3) is 0.222. The van der Waals surface area contributed by atoms with Gasteiger partial charge in [0.05, 0.1) is 12.1 Å². The van der Waals surface area contributed by atoms with E-state index in [-0.39, 0.29) is 5.76 Å². The molecule has 2 rings (SSSR count). The average Bonchev–Trinajstić information content (AvgIpc) is 2.43. The summed E-state index contributed by atoms with van der Waals surface area (Å²) in [4.78, 5) is 15.6. The Morgan fingerprint density at radius 1 is 1.57 bits per heavy atom. The highest BCUT2D eigenvalue weighted by atomic mass is 16.6. The summed E-state index contributed by atoms with van der Waals surface area (Å²) in [6.45, 7) is 0.300. The molecule has 1 heterocycles. The van der Waals surface area contributed by atoms with Gasteiger partial charge < -0.3 is 4.42 Å². The fourth-order valence-corrected chi connectivity index (χ4v) is 1.36. The molecule has 0 aliphatic heterocycles. The van der Waals surface area contributed by atoms with Crippen LogP contribution in [0.25, 0.3) is 11.1 Å². The molecule has 5 heteroatoms. The van der Waals surface area contributed by atoms with Gasteiger partial charge >= 0.3 is 5.76 Å². The summed E-state index contributed by atoms with van der Waals surface area (Å²) in [6.07, 6.45) is 0. The van der Waals surface area contributed by atoms with Gasteiger partial charge in [-0.3, -0.25) is 9.40 Å². The minimum atomic E-state index is -0.370. The van der Waals surface area contributed by atoms with Crippen molar-refractivity contribution in [3.05, 3.63) is 34.3 Å². The normalized spacial score (nSPS) is 11.0. The van der Waals surface area contributed by atoms with Crippen molar-refractivity contribution in [3.8, 4) is 0 Å². The van der Waals surface area contributed by atoms with Gasteiger partial charge in [0, 0.05) is 7.05 Å². The minimum absolute atomic E-state index is 0.300. The van der Waals surface area contributed by atoms with Crippen molar-refractivity contribution in [2.24, 2.45) is 12.9 Å². The zero-order valence-electron chi connectivity index (χ0n) is 7.69. The molecule has 0 unspecified atom stereocenters. The molecule has 5 nitrogen and oxygen atoms in total. The third-order valence-electron chi connectivity index (χ3n) is 2.11. The number of aryl methyl sites for hydroxylation is 1. The van der Waals surface area contributed by atoms with E-state index >= 15 is 0 Å². The average molecular weight is 194 g/mol. The molecule has 2 N–H and O–H groups in total. The van der Waals surface area contributed by atoms with E-state index in [1.54, 1.807) is 19.2 Å². The molecule has 0 aliphatic rings. The summed E-state index contributed by atoms with van der Waals surface area (Å²) in [5, 5.41) is 0. The van der Waals surface area contributed by atoms with Crippen LogP contribution >= 0.6 is 0 Å². The van der Waals surface area contributed by atoms with Gasteiger partial charge in [0.1, 0.15) is 0 Å². The predicted molar refractivity (Wildman–Crippen MR) is 50.4 cm³/mol. The molecule has 2 aromatic rings. The molecule has 14 heavy (non-hydrogen) atoms. The van der Waals surface area contributed by atoms with Crippen LogP contribution in [0.4, 0.5) is 0 Å². The molecule has 0 aliphatic carbocycles. The summed E-state index contributed by atoms with van der Waals surface area (Å²) in [7, 11) is 1.66. The molecule has 0 atom stereocenters. The number of benzene rings is 1. The number of nitrogens with two attached hydrogens (primary N) is 1. The molecule has 1 aromatic heterocycles. The van der Waals surface area contributed by atoms with Gasteiger partial charge in [-0.15, -0.1) is 0 Å². The lowest BCUT2D eigenvalue weighted by Gasteiger charge is -1.97. The number of oxazole rings is 1. The van der Waals surface area contributed by atoms with Crippen molar-refractivity contribution in [1.29, 1.82) is 0 Å².